The monoisotopic (exact) mass is 440 g/mol. The number of hydrogen-bond acceptors (Lipinski definition) is 6. The molecule has 0 aliphatic heterocycles. The Hall–Kier alpha value is -3.74. The van der Waals surface area contributed by atoms with Crippen LogP contribution in [0.25, 0.3) is 0 Å². The molecule has 0 saturated carbocycles. The average Bonchev–Trinajstić information content (AvgIpc) is 2.76. The van der Waals surface area contributed by atoms with E-state index in [0.29, 0.717) is 36.2 Å². The molecule has 0 unspecified atom stereocenters. The van der Waals surface area contributed by atoms with E-state index >= 15 is 0 Å². The molecule has 2 aromatic carbocycles. The van der Waals surface area contributed by atoms with E-state index in [9.17, 15) is 9.18 Å². The topological polar surface area (TPSA) is 112 Å². The van der Waals surface area contributed by atoms with Gasteiger partial charge in [-0.1, -0.05) is 23.7 Å². The highest BCUT2D eigenvalue weighted by molar-refractivity contribution is 6.32. The first kappa shape index (κ1) is 22.0. The normalized spacial score (nSPS) is 10.2. The lowest BCUT2D eigenvalue weighted by Crippen LogP contribution is -2.21. The Kier molecular flexibility index (Phi) is 7.70. The summed E-state index contributed by atoms with van der Waals surface area (Å²) in [6.45, 7) is 1.55. The van der Waals surface area contributed by atoms with Crippen molar-refractivity contribution in [3.05, 3.63) is 77.0 Å². The number of amides is 2. The van der Waals surface area contributed by atoms with Crippen molar-refractivity contribution in [2.75, 3.05) is 23.8 Å². The molecule has 0 spiro atoms. The lowest BCUT2D eigenvalue weighted by Gasteiger charge is -2.11. The Balaban J connectivity index is 1.42. The molecule has 0 bridgehead atoms. The van der Waals surface area contributed by atoms with Gasteiger partial charge in [0.1, 0.15) is 24.2 Å². The largest absolute Gasteiger partial charge is 0.491 e. The van der Waals surface area contributed by atoms with Crippen LogP contribution < -0.4 is 20.7 Å². The van der Waals surface area contributed by atoms with Crippen LogP contribution in [0, 0.1) is 17.1 Å². The van der Waals surface area contributed by atoms with Gasteiger partial charge in [0, 0.05) is 18.8 Å². The molecule has 3 N–H and O–H groups in total. The van der Waals surface area contributed by atoms with Gasteiger partial charge in [-0.2, -0.15) is 5.26 Å². The second-order valence-electron chi connectivity index (χ2n) is 6.27. The van der Waals surface area contributed by atoms with E-state index < -0.39 is 6.03 Å². The van der Waals surface area contributed by atoms with Crippen molar-refractivity contribution in [2.45, 2.75) is 6.54 Å². The molecule has 1 heterocycles. The van der Waals surface area contributed by atoms with Gasteiger partial charge in [0.2, 0.25) is 0 Å². The smallest absolute Gasteiger partial charge is 0.324 e. The van der Waals surface area contributed by atoms with Crippen LogP contribution in [0.5, 0.6) is 5.75 Å². The van der Waals surface area contributed by atoms with Crippen molar-refractivity contribution in [3.8, 4) is 11.8 Å². The summed E-state index contributed by atoms with van der Waals surface area (Å²) in [4.78, 5) is 19.8. The van der Waals surface area contributed by atoms with Crippen molar-refractivity contribution in [1.29, 1.82) is 5.26 Å². The number of anilines is 2. The van der Waals surface area contributed by atoms with E-state index in [1.807, 2.05) is 6.07 Å². The molecule has 31 heavy (non-hydrogen) atoms. The molecule has 8 nitrogen and oxygen atoms in total. The van der Waals surface area contributed by atoms with E-state index in [1.165, 1.54) is 24.5 Å². The molecule has 0 fully saturated rings. The predicted octanol–water partition coefficient (Wildman–Crippen LogP) is 3.95. The van der Waals surface area contributed by atoms with Crippen LogP contribution in [0.1, 0.15) is 11.3 Å². The Bertz CT molecular complexity index is 1070. The highest BCUT2D eigenvalue weighted by atomic mass is 35.5. The molecule has 0 atom stereocenters. The number of nitrogens with one attached hydrogen (secondary N) is 3. The van der Waals surface area contributed by atoms with E-state index in [4.69, 9.17) is 21.6 Å². The number of aromatic nitrogens is 2. The van der Waals surface area contributed by atoms with Gasteiger partial charge in [0.15, 0.2) is 11.5 Å². The molecule has 0 aliphatic carbocycles. The second-order valence-corrected chi connectivity index (χ2v) is 6.68. The van der Waals surface area contributed by atoms with Crippen molar-refractivity contribution in [1.82, 2.24) is 15.3 Å². The van der Waals surface area contributed by atoms with Crippen LogP contribution >= 0.6 is 11.6 Å². The molecule has 3 aromatic rings. The number of carbonyl (C=O) groups is 1. The quantitative estimate of drug-likeness (QED) is 0.457. The number of carbonyl (C=O) groups excluding carboxylic acids is 1. The number of benzene rings is 2. The van der Waals surface area contributed by atoms with Gasteiger partial charge in [-0.25, -0.2) is 19.2 Å². The van der Waals surface area contributed by atoms with E-state index in [2.05, 4.69) is 25.9 Å². The Morgan fingerprint density at radius 1 is 1.13 bits per heavy atom. The van der Waals surface area contributed by atoms with Gasteiger partial charge in [-0.3, -0.25) is 5.32 Å². The van der Waals surface area contributed by atoms with Crippen LogP contribution in [0.2, 0.25) is 5.02 Å². The summed E-state index contributed by atoms with van der Waals surface area (Å²) in [6, 6.07) is 12.4. The number of ether oxygens (including phenoxy) is 1. The van der Waals surface area contributed by atoms with Gasteiger partial charge in [0.05, 0.1) is 17.4 Å². The van der Waals surface area contributed by atoms with Crippen molar-refractivity contribution >= 4 is 29.1 Å². The Morgan fingerprint density at radius 2 is 1.94 bits per heavy atom. The van der Waals surface area contributed by atoms with Crippen LogP contribution in [0.3, 0.4) is 0 Å². The summed E-state index contributed by atoms with van der Waals surface area (Å²) < 4.78 is 18.5. The first-order valence-corrected chi connectivity index (χ1v) is 9.59. The summed E-state index contributed by atoms with van der Waals surface area (Å²) in [5.74, 6) is 0.421. The number of rotatable bonds is 8. The van der Waals surface area contributed by atoms with Crippen LogP contribution in [-0.2, 0) is 6.54 Å². The van der Waals surface area contributed by atoms with Crippen LogP contribution in [0.15, 0.2) is 54.9 Å². The highest BCUT2D eigenvalue weighted by Gasteiger charge is 2.08. The maximum absolute atomic E-state index is 12.9. The average molecular weight is 441 g/mol. The fourth-order valence-electron chi connectivity index (χ4n) is 2.49. The van der Waals surface area contributed by atoms with E-state index in [1.54, 1.807) is 30.3 Å². The fourth-order valence-corrected chi connectivity index (χ4v) is 2.73. The van der Waals surface area contributed by atoms with Crippen LogP contribution in [-0.4, -0.2) is 29.2 Å². The standard InChI is InChI=1S/C21H18ClFN6O2/c22-18-9-16(28-21(30)29-20-13-26-17(10-24)12-27-20)5-6-19(18)31-8-7-25-11-14-1-3-15(23)4-2-14/h1-6,9,12-13,25H,7-8,11H2,(H2,27,28,29,30). The van der Waals surface area contributed by atoms with Crippen molar-refractivity contribution in [3.63, 3.8) is 0 Å². The first-order chi connectivity index (χ1) is 15.0. The third kappa shape index (κ3) is 6.92. The maximum atomic E-state index is 12.9. The highest BCUT2D eigenvalue weighted by Crippen LogP contribution is 2.27. The summed E-state index contributed by atoms with van der Waals surface area (Å²) in [5.41, 5.74) is 1.59. The molecule has 0 aliphatic rings. The Morgan fingerprint density at radius 3 is 2.61 bits per heavy atom. The van der Waals surface area contributed by atoms with Crippen LogP contribution in [0.4, 0.5) is 20.7 Å². The summed E-state index contributed by atoms with van der Waals surface area (Å²) >= 11 is 6.22. The number of nitriles is 1. The van der Waals surface area contributed by atoms with Gasteiger partial charge in [-0.15, -0.1) is 0 Å². The molecule has 0 saturated heterocycles. The summed E-state index contributed by atoms with van der Waals surface area (Å²) in [7, 11) is 0. The van der Waals surface area contributed by atoms with Crippen molar-refractivity contribution in [2.24, 2.45) is 0 Å². The SMILES string of the molecule is N#Cc1cnc(NC(=O)Nc2ccc(OCCNCc3ccc(F)cc3)c(Cl)c2)cn1. The third-order valence-electron chi connectivity index (χ3n) is 3.98. The zero-order chi connectivity index (χ0) is 22.1. The molecule has 3 rings (SSSR count). The molecule has 10 heteroatoms. The molecule has 2 amide bonds. The number of urea groups is 1. The maximum Gasteiger partial charge on any atom is 0.324 e. The van der Waals surface area contributed by atoms with Gasteiger partial charge in [-0.05, 0) is 35.9 Å². The summed E-state index contributed by atoms with van der Waals surface area (Å²) in [6.07, 6.45) is 2.54. The molecular formula is C21H18ClFN6O2. The third-order valence-corrected chi connectivity index (χ3v) is 4.27. The zero-order valence-electron chi connectivity index (χ0n) is 16.2. The minimum absolute atomic E-state index is 0.152. The number of nitrogens with zero attached hydrogens (tertiary/aromatic N) is 3. The first-order valence-electron chi connectivity index (χ1n) is 9.21. The molecule has 158 valence electrons. The predicted molar refractivity (Wildman–Crippen MR) is 114 cm³/mol. The second kappa shape index (κ2) is 10.9. The minimum Gasteiger partial charge on any atom is -0.491 e. The Labute approximate surface area is 183 Å². The van der Waals surface area contributed by atoms with E-state index in [0.717, 1.165) is 5.56 Å². The number of hydrogen-bond donors (Lipinski definition) is 3. The molecule has 1 aromatic heterocycles. The number of halogens is 2. The van der Waals surface area contributed by atoms with E-state index in [-0.39, 0.29) is 17.3 Å². The zero-order valence-corrected chi connectivity index (χ0v) is 17.0. The molecule has 0 radical (unpaired) electrons. The molecular weight excluding hydrogens is 423 g/mol. The lowest BCUT2D eigenvalue weighted by molar-refractivity contribution is 0.262. The minimum atomic E-state index is -0.534. The lowest BCUT2D eigenvalue weighted by atomic mass is 10.2. The fraction of sp³-hybridized carbons (Fsp3) is 0.143. The van der Waals surface area contributed by atoms with Crippen molar-refractivity contribution < 1.29 is 13.9 Å². The van der Waals surface area contributed by atoms with Gasteiger partial charge < -0.3 is 15.4 Å². The van der Waals surface area contributed by atoms with Gasteiger partial charge >= 0.3 is 6.03 Å². The summed E-state index contributed by atoms with van der Waals surface area (Å²) in [5, 5.41) is 17.4. The van der Waals surface area contributed by atoms with Gasteiger partial charge in [0.25, 0.3) is 0 Å².